The summed E-state index contributed by atoms with van der Waals surface area (Å²) in [5.74, 6) is -0.433. The molecular weight excluding hydrogens is 456 g/mol. The fourth-order valence-electron chi connectivity index (χ4n) is 5.22. The normalized spacial score (nSPS) is 15.7. The Morgan fingerprint density at radius 3 is 1.70 bits per heavy atom. The van der Waals surface area contributed by atoms with Gasteiger partial charge in [-0.2, -0.15) is 0 Å². The number of hydrogen-bond acceptors (Lipinski definition) is 2. The number of hydrogen-bond donors (Lipinski definition) is 0. The molecule has 4 aromatic rings. The highest BCUT2D eigenvalue weighted by atomic mass is 16.2. The lowest BCUT2D eigenvalue weighted by molar-refractivity contribution is -0.152. The Hall–Kier alpha value is -4.18. The lowest BCUT2D eigenvalue weighted by atomic mass is 9.88. The first-order valence-corrected chi connectivity index (χ1v) is 13.0. The molecule has 0 spiro atoms. The fourth-order valence-corrected chi connectivity index (χ4v) is 5.22. The second-order valence-corrected chi connectivity index (χ2v) is 9.57. The van der Waals surface area contributed by atoms with Gasteiger partial charge < -0.3 is 9.80 Å². The number of carbonyl (C=O) groups excluding carboxylic acids is 2. The predicted molar refractivity (Wildman–Crippen MR) is 147 cm³/mol. The highest BCUT2D eigenvalue weighted by Gasteiger charge is 2.40. The van der Waals surface area contributed by atoms with Gasteiger partial charge in [-0.1, -0.05) is 121 Å². The van der Waals surface area contributed by atoms with Gasteiger partial charge in [-0.25, -0.2) is 0 Å². The van der Waals surface area contributed by atoms with Crippen LogP contribution in [0.2, 0.25) is 0 Å². The molecule has 0 radical (unpaired) electrons. The first-order valence-electron chi connectivity index (χ1n) is 13.0. The smallest absolute Gasteiger partial charge is 0.245 e. The summed E-state index contributed by atoms with van der Waals surface area (Å²) in [6, 6.07) is 39.6. The van der Waals surface area contributed by atoms with E-state index in [9.17, 15) is 9.59 Å². The molecule has 186 valence electrons. The number of benzene rings is 4. The lowest BCUT2D eigenvalue weighted by Gasteiger charge is -2.42. The van der Waals surface area contributed by atoms with E-state index in [1.54, 1.807) is 0 Å². The summed E-state index contributed by atoms with van der Waals surface area (Å²) in [5.41, 5.74) is 4.16. The summed E-state index contributed by atoms with van der Waals surface area (Å²) < 4.78 is 0. The number of amides is 2. The molecule has 4 aromatic carbocycles. The predicted octanol–water partition coefficient (Wildman–Crippen LogP) is 5.69. The van der Waals surface area contributed by atoms with Gasteiger partial charge >= 0.3 is 0 Å². The molecule has 1 saturated heterocycles. The van der Waals surface area contributed by atoms with Crippen LogP contribution in [0.25, 0.3) is 0 Å². The van der Waals surface area contributed by atoms with Crippen molar-refractivity contribution < 1.29 is 9.59 Å². The Morgan fingerprint density at radius 1 is 0.676 bits per heavy atom. The van der Waals surface area contributed by atoms with Gasteiger partial charge in [-0.15, -0.1) is 0 Å². The van der Waals surface area contributed by atoms with E-state index in [1.165, 1.54) is 5.56 Å². The van der Waals surface area contributed by atoms with Gasteiger partial charge in [0.1, 0.15) is 6.04 Å². The van der Waals surface area contributed by atoms with Crippen LogP contribution in [0.5, 0.6) is 0 Å². The van der Waals surface area contributed by atoms with E-state index in [4.69, 9.17) is 0 Å². The van der Waals surface area contributed by atoms with Crippen molar-refractivity contribution in [1.29, 1.82) is 0 Å². The van der Waals surface area contributed by atoms with Crippen molar-refractivity contribution in [1.82, 2.24) is 9.80 Å². The molecule has 0 bridgehead atoms. The van der Waals surface area contributed by atoms with Crippen LogP contribution < -0.4 is 0 Å². The van der Waals surface area contributed by atoms with Crippen LogP contribution in [0.15, 0.2) is 121 Å². The standard InChI is InChI=1S/C33H32N2O2/c36-32-30(22-21-26-13-5-1-6-14-26)35(24-23-34(32)25-27-15-7-2-8-16-27)33(37)31(28-17-9-3-10-18-28)29-19-11-4-12-20-29/h1-20,30-31H,21-25H2. The lowest BCUT2D eigenvalue weighted by Crippen LogP contribution is -2.59. The van der Waals surface area contributed by atoms with Crippen molar-refractivity contribution in [2.45, 2.75) is 31.3 Å². The maximum Gasteiger partial charge on any atom is 0.245 e. The van der Waals surface area contributed by atoms with Crippen molar-refractivity contribution in [3.63, 3.8) is 0 Å². The minimum absolute atomic E-state index is 0.0110. The molecule has 37 heavy (non-hydrogen) atoms. The number of rotatable bonds is 8. The minimum Gasteiger partial charge on any atom is -0.335 e. The summed E-state index contributed by atoms with van der Waals surface area (Å²) >= 11 is 0. The first kappa shape index (κ1) is 24.5. The first-order chi connectivity index (χ1) is 18.2. The van der Waals surface area contributed by atoms with Gasteiger partial charge in [0, 0.05) is 19.6 Å². The monoisotopic (exact) mass is 488 g/mol. The van der Waals surface area contributed by atoms with Crippen molar-refractivity contribution in [2.75, 3.05) is 13.1 Å². The van der Waals surface area contributed by atoms with Gasteiger partial charge in [0.25, 0.3) is 0 Å². The second-order valence-electron chi connectivity index (χ2n) is 9.57. The molecule has 1 aliphatic rings. The van der Waals surface area contributed by atoms with Gasteiger partial charge in [0.2, 0.25) is 11.8 Å². The van der Waals surface area contributed by atoms with Gasteiger partial charge in [-0.3, -0.25) is 9.59 Å². The molecule has 2 amide bonds. The summed E-state index contributed by atoms with van der Waals surface area (Å²) in [6.07, 6.45) is 1.33. The Kier molecular flexibility index (Phi) is 7.75. The van der Waals surface area contributed by atoms with Crippen LogP contribution in [0.1, 0.15) is 34.6 Å². The maximum absolute atomic E-state index is 14.3. The molecule has 1 heterocycles. The van der Waals surface area contributed by atoms with Gasteiger partial charge in [-0.05, 0) is 35.1 Å². The Morgan fingerprint density at radius 2 is 1.16 bits per heavy atom. The zero-order valence-corrected chi connectivity index (χ0v) is 20.9. The molecule has 0 saturated carbocycles. The highest BCUT2D eigenvalue weighted by Crippen LogP contribution is 2.30. The molecule has 1 unspecified atom stereocenters. The van der Waals surface area contributed by atoms with E-state index in [1.807, 2.05) is 119 Å². The molecule has 0 N–H and O–H groups in total. The van der Waals surface area contributed by atoms with Crippen molar-refractivity contribution in [3.8, 4) is 0 Å². The van der Waals surface area contributed by atoms with E-state index in [-0.39, 0.29) is 11.8 Å². The summed E-state index contributed by atoms with van der Waals surface area (Å²) in [7, 11) is 0. The fraction of sp³-hybridized carbons (Fsp3) is 0.212. The number of piperazine rings is 1. The number of carbonyl (C=O) groups is 2. The average Bonchev–Trinajstić information content (AvgIpc) is 2.96. The average molecular weight is 489 g/mol. The number of aryl methyl sites for hydroxylation is 1. The van der Waals surface area contributed by atoms with E-state index < -0.39 is 12.0 Å². The van der Waals surface area contributed by atoms with Crippen LogP contribution >= 0.6 is 0 Å². The molecule has 4 nitrogen and oxygen atoms in total. The van der Waals surface area contributed by atoms with E-state index >= 15 is 0 Å². The van der Waals surface area contributed by atoms with Crippen LogP contribution in [0.3, 0.4) is 0 Å². The van der Waals surface area contributed by atoms with Gasteiger partial charge in [0.15, 0.2) is 0 Å². The molecule has 4 heteroatoms. The molecule has 0 aromatic heterocycles. The molecular formula is C33H32N2O2. The molecule has 1 atom stereocenters. The third-order valence-corrected chi connectivity index (χ3v) is 7.15. The minimum atomic E-state index is -0.500. The third kappa shape index (κ3) is 5.80. The Labute approximate surface area is 219 Å². The summed E-state index contributed by atoms with van der Waals surface area (Å²) in [4.78, 5) is 31.9. The van der Waals surface area contributed by atoms with E-state index in [0.717, 1.165) is 23.1 Å². The molecule has 1 aliphatic heterocycles. The summed E-state index contributed by atoms with van der Waals surface area (Å²) in [6.45, 7) is 1.61. The van der Waals surface area contributed by atoms with Crippen LogP contribution in [-0.4, -0.2) is 40.7 Å². The molecule has 5 rings (SSSR count). The SMILES string of the molecule is O=C1C(CCc2ccccc2)N(C(=O)C(c2ccccc2)c2ccccc2)CCN1Cc1ccccc1. The van der Waals surface area contributed by atoms with Crippen molar-refractivity contribution in [3.05, 3.63) is 144 Å². The van der Waals surface area contributed by atoms with Crippen molar-refractivity contribution in [2.24, 2.45) is 0 Å². The zero-order chi connectivity index (χ0) is 25.5. The highest BCUT2D eigenvalue weighted by molar-refractivity contribution is 5.93. The zero-order valence-electron chi connectivity index (χ0n) is 20.9. The Balaban J connectivity index is 1.45. The quantitative estimate of drug-likeness (QED) is 0.320. The maximum atomic E-state index is 14.3. The second kappa shape index (κ2) is 11.7. The topological polar surface area (TPSA) is 40.6 Å². The Bertz CT molecular complexity index is 1250. The van der Waals surface area contributed by atoms with Crippen LogP contribution in [0, 0.1) is 0 Å². The van der Waals surface area contributed by atoms with Crippen LogP contribution in [0.4, 0.5) is 0 Å². The van der Waals surface area contributed by atoms with E-state index in [0.29, 0.717) is 26.1 Å². The number of nitrogens with zero attached hydrogens (tertiary/aromatic N) is 2. The van der Waals surface area contributed by atoms with Crippen molar-refractivity contribution >= 4 is 11.8 Å². The summed E-state index contributed by atoms with van der Waals surface area (Å²) in [5, 5.41) is 0. The van der Waals surface area contributed by atoms with Gasteiger partial charge in [0.05, 0.1) is 5.92 Å². The molecule has 0 aliphatic carbocycles. The van der Waals surface area contributed by atoms with Crippen LogP contribution in [-0.2, 0) is 22.6 Å². The van der Waals surface area contributed by atoms with E-state index in [2.05, 4.69) is 12.1 Å². The molecule has 1 fully saturated rings. The third-order valence-electron chi connectivity index (χ3n) is 7.15. The largest absolute Gasteiger partial charge is 0.335 e.